The predicted molar refractivity (Wildman–Crippen MR) is 242 cm³/mol. The number of benzene rings is 3. The van der Waals surface area contributed by atoms with Crippen LogP contribution in [0.3, 0.4) is 0 Å². The van der Waals surface area contributed by atoms with Crippen LogP contribution in [0.15, 0.2) is 97.5 Å². The Hall–Kier alpha value is -7.07. The van der Waals surface area contributed by atoms with Crippen LogP contribution >= 0.6 is 11.6 Å². The van der Waals surface area contributed by atoms with Gasteiger partial charge in [-0.05, 0) is 134 Å². The van der Waals surface area contributed by atoms with Crippen LogP contribution in [0.2, 0.25) is 5.15 Å². The number of nitrogen functional groups attached to an aromatic ring is 3. The summed E-state index contributed by atoms with van der Waals surface area (Å²) in [6, 6.07) is 29.3. The molecule has 61 heavy (non-hydrogen) atoms. The van der Waals surface area contributed by atoms with Gasteiger partial charge in [0.1, 0.15) is 23.4 Å². The number of anilines is 3. The number of nitriles is 3. The summed E-state index contributed by atoms with van der Waals surface area (Å²) >= 11 is 5.80. The number of nitrogens with zero attached hydrogens (tertiary/aromatic N) is 6. The molecule has 0 spiro atoms. The Morgan fingerprint density at radius 2 is 1.07 bits per heavy atom. The summed E-state index contributed by atoms with van der Waals surface area (Å²) in [6.07, 6.45) is 9.96. The average Bonchev–Trinajstić information content (AvgIpc) is 3.29. The van der Waals surface area contributed by atoms with Crippen molar-refractivity contribution in [1.82, 2.24) is 15.0 Å². The zero-order chi connectivity index (χ0) is 43.5. The molecule has 0 amide bonds. The van der Waals surface area contributed by atoms with Crippen LogP contribution in [0, 0.1) is 54.8 Å². The van der Waals surface area contributed by atoms with Crippen molar-refractivity contribution in [2.24, 2.45) is 0 Å². The molecule has 11 nitrogen and oxygen atoms in total. The highest BCUT2D eigenvalue weighted by Crippen LogP contribution is 2.33. The standard InChI is InChI=1S/C18H19N3O.C18H17N3O.C13H10ClN3/c2*1-12-2-3-16(20)9-17(12)15-8-14(10-19)18(21-11-15)13-4-6-22-7-5-13;1-8-2-3-11(16)5-12(8)10-4-9(6-15)13(14)17-7-10/h2-3,8-9,11,13H,4-7,20H2,1H3;2-4,8-9,11H,5-7,20H2,1H3;2-5,7H,16H2,1H3. The summed E-state index contributed by atoms with van der Waals surface area (Å²) in [7, 11) is 0. The van der Waals surface area contributed by atoms with E-state index in [1.165, 1.54) is 0 Å². The molecule has 8 rings (SSSR count). The first kappa shape index (κ1) is 43.5. The SMILES string of the molecule is Cc1ccc(N)cc1-c1cnc(C2=CCOCC2)c(C#N)c1.Cc1ccc(N)cc1-c1cnc(C2CCOCC2)c(C#N)c1.Cc1ccc(N)cc1-c1cnc(Cl)c(C#N)c1. The monoisotopic (exact) mass is 827 g/mol. The molecule has 0 atom stereocenters. The smallest absolute Gasteiger partial charge is 0.146 e. The highest BCUT2D eigenvalue weighted by atomic mass is 35.5. The van der Waals surface area contributed by atoms with Crippen LogP contribution in [0.25, 0.3) is 39.0 Å². The molecule has 1 saturated heterocycles. The van der Waals surface area contributed by atoms with E-state index in [4.69, 9.17) is 43.5 Å². The number of nitrogens with two attached hydrogens (primary N) is 3. The maximum absolute atomic E-state index is 9.50. The van der Waals surface area contributed by atoms with Gasteiger partial charge in [-0.3, -0.25) is 9.97 Å². The van der Waals surface area contributed by atoms with Gasteiger partial charge in [0.05, 0.1) is 41.3 Å². The molecular formula is C49H46ClN9O2. The maximum Gasteiger partial charge on any atom is 0.146 e. The molecule has 6 aromatic rings. The van der Waals surface area contributed by atoms with Gasteiger partial charge in [-0.15, -0.1) is 0 Å². The van der Waals surface area contributed by atoms with Crippen molar-refractivity contribution >= 4 is 34.2 Å². The highest BCUT2D eigenvalue weighted by Gasteiger charge is 2.21. The Labute approximate surface area is 361 Å². The van der Waals surface area contributed by atoms with Crippen molar-refractivity contribution in [2.45, 2.75) is 46.0 Å². The summed E-state index contributed by atoms with van der Waals surface area (Å²) in [5, 5.41) is 28.1. The van der Waals surface area contributed by atoms with E-state index in [1.54, 1.807) is 12.3 Å². The van der Waals surface area contributed by atoms with E-state index in [0.717, 1.165) is 99.5 Å². The van der Waals surface area contributed by atoms with Crippen molar-refractivity contribution in [3.8, 4) is 51.6 Å². The number of aromatic nitrogens is 3. The van der Waals surface area contributed by atoms with E-state index < -0.39 is 0 Å². The lowest BCUT2D eigenvalue weighted by molar-refractivity contribution is 0.0844. The third-order valence-electron chi connectivity index (χ3n) is 10.6. The number of pyridine rings is 3. The number of ether oxygens (including phenoxy) is 2. The molecule has 2 aliphatic rings. The molecule has 0 aliphatic carbocycles. The largest absolute Gasteiger partial charge is 0.399 e. The molecule has 306 valence electrons. The molecule has 3 aromatic carbocycles. The van der Waals surface area contributed by atoms with Gasteiger partial charge in [0.2, 0.25) is 0 Å². The predicted octanol–water partition coefficient (Wildman–Crippen LogP) is 9.88. The van der Waals surface area contributed by atoms with E-state index in [0.29, 0.717) is 52.9 Å². The fraction of sp³-hybridized carbons (Fsp3) is 0.224. The van der Waals surface area contributed by atoms with Gasteiger partial charge in [0.15, 0.2) is 0 Å². The Bertz CT molecular complexity index is 2720. The summed E-state index contributed by atoms with van der Waals surface area (Å²) in [5.74, 6) is 0.319. The van der Waals surface area contributed by atoms with Crippen LogP contribution < -0.4 is 17.2 Å². The minimum Gasteiger partial charge on any atom is -0.399 e. The Morgan fingerprint density at radius 3 is 1.56 bits per heavy atom. The first-order valence-corrected chi connectivity index (χ1v) is 20.2. The second-order valence-electron chi connectivity index (χ2n) is 14.8. The minimum absolute atomic E-state index is 0.220. The first-order valence-electron chi connectivity index (χ1n) is 19.8. The topological polar surface area (TPSA) is 207 Å². The lowest BCUT2D eigenvalue weighted by atomic mass is 9.91. The summed E-state index contributed by atoms with van der Waals surface area (Å²) in [5.41, 5.74) is 33.0. The van der Waals surface area contributed by atoms with Crippen LogP contribution in [0.1, 0.15) is 69.9 Å². The van der Waals surface area contributed by atoms with E-state index in [2.05, 4.69) is 27.1 Å². The van der Waals surface area contributed by atoms with Gasteiger partial charge >= 0.3 is 0 Å². The third-order valence-corrected chi connectivity index (χ3v) is 10.9. The van der Waals surface area contributed by atoms with E-state index in [9.17, 15) is 10.5 Å². The van der Waals surface area contributed by atoms with E-state index in [-0.39, 0.29) is 5.15 Å². The number of aryl methyl sites for hydroxylation is 3. The Morgan fingerprint density at radius 1 is 0.590 bits per heavy atom. The second-order valence-corrected chi connectivity index (χ2v) is 15.2. The fourth-order valence-corrected chi connectivity index (χ4v) is 7.38. The van der Waals surface area contributed by atoms with E-state index in [1.807, 2.05) is 112 Å². The maximum atomic E-state index is 9.50. The molecule has 5 heterocycles. The normalized spacial score (nSPS) is 13.5. The lowest BCUT2D eigenvalue weighted by Gasteiger charge is -2.22. The molecule has 3 aromatic heterocycles. The summed E-state index contributed by atoms with van der Waals surface area (Å²) in [4.78, 5) is 13.1. The summed E-state index contributed by atoms with van der Waals surface area (Å²) in [6.45, 7) is 8.78. The van der Waals surface area contributed by atoms with Crippen LogP contribution in [-0.4, -0.2) is 41.4 Å². The molecule has 0 unspecified atom stereocenters. The molecule has 0 radical (unpaired) electrons. The Kier molecular flexibility index (Phi) is 14.5. The zero-order valence-corrected chi connectivity index (χ0v) is 35.1. The van der Waals surface area contributed by atoms with Crippen molar-refractivity contribution < 1.29 is 9.47 Å². The number of hydrogen-bond donors (Lipinski definition) is 3. The molecule has 2 aliphatic heterocycles. The van der Waals surface area contributed by atoms with Crippen LogP contribution in [0.5, 0.6) is 0 Å². The molecule has 0 bridgehead atoms. The second kappa shape index (κ2) is 20.3. The van der Waals surface area contributed by atoms with Gasteiger partial charge in [-0.25, -0.2) is 4.98 Å². The van der Waals surface area contributed by atoms with Gasteiger partial charge in [-0.2, -0.15) is 15.8 Å². The van der Waals surface area contributed by atoms with Gasteiger partial charge < -0.3 is 26.7 Å². The third kappa shape index (κ3) is 10.8. The van der Waals surface area contributed by atoms with Crippen molar-refractivity contribution in [3.63, 3.8) is 0 Å². The Balaban J connectivity index is 0.000000155. The number of rotatable bonds is 5. The molecular weight excluding hydrogens is 782 g/mol. The van der Waals surface area contributed by atoms with Crippen LogP contribution in [0.4, 0.5) is 17.1 Å². The van der Waals surface area contributed by atoms with Gasteiger partial charge in [0.25, 0.3) is 0 Å². The molecule has 1 fully saturated rings. The highest BCUT2D eigenvalue weighted by molar-refractivity contribution is 6.30. The zero-order valence-electron chi connectivity index (χ0n) is 34.4. The first-order chi connectivity index (χ1) is 29.5. The van der Waals surface area contributed by atoms with E-state index >= 15 is 0 Å². The van der Waals surface area contributed by atoms with Crippen molar-refractivity contribution in [3.05, 3.63) is 147 Å². The van der Waals surface area contributed by atoms with Crippen LogP contribution in [-0.2, 0) is 9.47 Å². The summed E-state index contributed by atoms with van der Waals surface area (Å²) < 4.78 is 10.7. The molecule has 12 heteroatoms. The number of hydrogen-bond acceptors (Lipinski definition) is 11. The van der Waals surface area contributed by atoms with Crippen molar-refractivity contribution in [2.75, 3.05) is 43.6 Å². The average molecular weight is 828 g/mol. The molecule has 0 saturated carbocycles. The van der Waals surface area contributed by atoms with Crippen molar-refractivity contribution in [1.29, 1.82) is 15.8 Å². The van der Waals surface area contributed by atoms with Gasteiger partial charge in [-0.1, -0.05) is 35.9 Å². The lowest BCUT2D eigenvalue weighted by Crippen LogP contribution is -2.16. The quantitative estimate of drug-likeness (QED) is 0.110. The molecule has 6 N–H and O–H groups in total. The minimum atomic E-state index is 0.220. The fourth-order valence-electron chi connectivity index (χ4n) is 7.23. The number of halogens is 1. The van der Waals surface area contributed by atoms with Gasteiger partial charge in [0, 0.05) is 71.5 Å².